The lowest BCUT2D eigenvalue weighted by molar-refractivity contribution is -0.136. The van der Waals surface area contributed by atoms with Crippen LogP contribution in [0.3, 0.4) is 0 Å². The number of anilines is 1. The van der Waals surface area contributed by atoms with Crippen molar-refractivity contribution in [1.29, 1.82) is 0 Å². The van der Waals surface area contributed by atoms with Gasteiger partial charge in [-0.05, 0) is 56.4 Å². The van der Waals surface area contributed by atoms with E-state index in [9.17, 15) is 14.4 Å². The number of carbonyl (C=O) groups is 3. The standard InChI is InChI=1S/C23H30N2O3.C8H12N2/c1-4-6-7-8-9-12-19(3)14-15-20(5-2)22(27)24-21-13-10-11-16-25(17-18-26)23(21)28;1-10-8-4-2-7(6-9)3-5-8/h4-9,14-15,18,21H,1-2,10-13,16-17H2,3H3,(H,24,27);2-5,10H,6,9H2,1H3/b7-6-,9-8-,19-14+,20-15+;. The van der Waals surface area contributed by atoms with Gasteiger partial charge in [0.15, 0.2) is 0 Å². The van der Waals surface area contributed by atoms with E-state index in [0.29, 0.717) is 31.4 Å². The molecule has 2 amide bonds. The number of benzene rings is 1. The largest absolute Gasteiger partial charge is 0.388 e. The molecule has 1 aromatic rings. The number of rotatable bonds is 12. The number of nitrogens with zero attached hydrogens (tertiary/aromatic N) is 1. The summed E-state index contributed by atoms with van der Waals surface area (Å²) in [6, 6.07) is 7.46. The Morgan fingerprint density at radius 1 is 1.13 bits per heavy atom. The van der Waals surface area contributed by atoms with Crippen LogP contribution < -0.4 is 16.4 Å². The number of nitrogens with one attached hydrogen (secondary N) is 2. The van der Waals surface area contributed by atoms with E-state index < -0.39 is 6.04 Å². The molecular formula is C31H42N4O3. The Hall–Kier alpha value is -3.97. The van der Waals surface area contributed by atoms with Gasteiger partial charge >= 0.3 is 0 Å². The monoisotopic (exact) mass is 518 g/mol. The normalized spacial score (nSPS) is 16.4. The van der Waals surface area contributed by atoms with E-state index in [4.69, 9.17) is 5.73 Å². The topological polar surface area (TPSA) is 105 Å². The summed E-state index contributed by atoms with van der Waals surface area (Å²) in [6.45, 7) is 10.5. The minimum Gasteiger partial charge on any atom is -0.388 e. The molecule has 2 rings (SSSR count). The first-order chi connectivity index (χ1) is 18.4. The maximum absolute atomic E-state index is 12.6. The molecule has 4 N–H and O–H groups in total. The number of hydrogen-bond acceptors (Lipinski definition) is 5. The lowest BCUT2D eigenvalue weighted by atomic mass is 10.1. The van der Waals surface area contributed by atoms with Gasteiger partial charge in [0.1, 0.15) is 12.3 Å². The summed E-state index contributed by atoms with van der Waals surface area (Å²) < 4.78 is 0. The van der Waals surface area contributed by atoms with Gasteiger partial charge in [0.25, 0.3) is 5.91 Å². The van der Waals surface area contributed by atoms with Crippen LogP contribution in [-0.2, 0) is 20.9 Å². The Labute approximate surface area is 227 Å². The van der Waals surface area contributed by atoms with Crippen molar-refractivity contribution in [3.63, 3.8) is 0 Å². The van der Waals surface area contributed by atoms with Gasteiger partial charge in [0.05, 0.1) is 6.54 Å². The number of nitrogens with two attached hydrogens (primary N) is 1. The highest BCUT2D eigenvalue weighted by molar-refractivity contribution is 5.99. The fourth-order valence-corrected chi connectivity index (χ4v) is 3.57. The van der Waals surface area contributed by atoms with Gasteiger partial charge in [-0.1, -0.05) is 73.4 Å². The summed E-state index contributed by atoms with van der Waals surface area (Å²) in [7, 11) is 1.90. The number of likely N-dealkylation sites (tertiary alicyclic amines) is 1. The third-order valence-corrected chi connectivity index (χ3v) is 5.82. The number of allylic oxidation sites excluding steroid dienone is 8. The molecule has 0 aromatic heterocycles. The summed E-state index contributed by atoms with van der Waals surface area (Å²) in [5.41, 5.74) is 9.19. The second-order valence-corrected chi connectivity index (χ2v) is 8.72. The van der Waals surface area contributed by atoms with Crippen LogP contribution in [0.1, 0.15) is 38.2 Å². The molecule has 1 heterocycles. The number of carbonyl (C=O) groups excluding carboxylic acids is 3. The van der Waals surface area contributed by atoms with E-state index in [1.54, 1.807) is 12.2 Å². The van der Waals surface area contributed by atoms with E-state index in [-0.39, 0.29) is 18.4 Å². The van der Waals surface area contributed by atoms with E-state index in [1.807, 2.05) is 68.6 Å². The molecule has 1 saturated heterocycles. The summed E-state index contributed by atoms with van der Waals surface area (Å²) >= 11 is 0. The van der Waals surface area contributed by atoms with Crippen LogP contribution in [0.4, 0.5) is 5.69 Å². The third kappa shape index (κ3) is 12.3. The molecule has 0 radical (unpaired) electrons. The van der Waals surface area contributed by atoms with Crippen LogP contribution in [0.15, 0.2) is 97.2 Å². The van der Waals surface area contributed by atoms with Crippen LogP contribution in [-0.4, -0.2) is 49.2 Å². The maximum Gasteiger partial charge on any atom is 0.251 e. The predicted molar refractivity (Wildman–Crippen MR) is 157 cm³/mol. The Morgan fingerprint density at radius 2 is 1.87 bits per heavy atom. The summed E-state index contributed by atoms with van der Waals surface area (Å²) in [5.74, 6) is -0.541. The minimum atomic E-state index is -0.608. The molecule has 0 saturated carbocycles. The smallest absolute Gasteiger partial charge is 0.251 e. The molecule has 204 valence electrons. The van der Waals surface area contributed by atoms with Gasteiger partial charge in [-0.25, -0.2) is 0 Å². The molecule has 0 bridgehead atoms. The molecule has 1 aliphatic rings. The highest BCUT2D eigenvalue weighted by Crippen LogP contribution is 2.13. The number of amides is 2. The van der Waals surface area contributed by atoms with Crippen molar-refractivity contribution >= 4 is 23.8 Å². The van der Waals surface area contributed by atoms with Crippen molar-refractivity contribution in [2.24, 2.45) is 5.73 Å². The fourth-order valence-electron chi connectivity index (χ4n) is 3.57. The van der Waals surface area contributed by atoms with Crippen molar-refractivity contribution in [2.75, 3.05) is 25.5 Å². The quantitative estimate of drug-likeness (QED) is 0.213. The van der Waals surface area contributed by atoms with Crippen molar-refractivity contribution in [1.82, 2.24) is 10.2 Å². The summed E-state index contributed by atoms with van der Waals surface area (Å²) in [4.78, 5) is 37.3. The maximum atomic E-state index is 12.6. The molecule has 1 unspecified atom stereocenters. The van der Waals surface area contributed by atoms with Gasteiger partial charge in [-0.2, -0.15) is 0 Å². The molecular weight excluding hydrogens is 476 g/mol. The first kappa shape index (κ1) is 32.1. The van der Waals surface area contributed by atoms with E-state index in [2.05, 4.69) is 23.8 Å². The van der Waals surface area contributed by atoms with Gasteiger partial charge in [-0.3, -0.25) is 9.59 Å². The Bertz CT molecular complexity index is 1010. The van der Waals surface area contributed by atoms with Crippen LogP contribution in [0, 0.1) is 0 Å². The molecule has 1 aromatic carbocycles. The van der Waals surface area contributed by atoms with Crippen LogP contribution in [0.2, 0.25) is 0 Å². The van der Waals surface area contributed by atoms with Crippen LogP contribution in [0.5, 0.6) is 0 Å². The van der Waals surface area contributed by atoms with Crippen molar-refractivity contribution in [2.45, 2.75) is 45.2 Å². The Morgan fingerprint density at radius 3 is 2.47 bits per heavy atom. The highest BCUT2D eigenvalue weighted by atomic mass is 16.2. The molecule has 0 spiro atoms. The second-order valence-electron chi connectivity index (χ2n) is 8.72. The Kier molecular flexibility index (Phi) is 16.2. The predicted octanol–water partition coefficient (Wildman–Crippen LogP) is 4.62. The molecule has 7 heteroatoms. The molecule has 7 nitrogen and oxygen atoms in total. The van der Waals surface area contributed by atoms with Gasteiger partial charge in [-0.15, -0.1) is 0 Å². The van der Waals surface area contributed by atoms with Gasteiger partial charge in [0.2, 0.25) is 5.91 Å². The van der Waals surface area contributed by atoms with Crippen molar-refractivity contribution < 1.29 is 14.4 Å². The van der Waals surface area contributed by atoms with Gasteiger partial charge < -0.3 is 26.1 Å². The molecule has 38 heavy (non-hydrogen) atoms. The van der Waals surface area contributed by atoms with E-state index in [0.717, 1.165) is 30.5 Å². The van der Waals surface area contributed by atoms with Crippen LogP contribution in [0.25, 0.3) is 0 Å². The van der Waals surface area contributed by atoms with Gasteiger partial charge in [0, 0.05) is 31.4 Å². The number of aldehydes is 1. The third-order valence-electron chi connectivity index (χ3n) is 5.82. The molecule has 1 fully saturated rings. The average Bonchev–Trinajstić information content (AvgIpc) is 3.10. The fraction of sp³-hybridized carbons (Fsp3) is 0.323. The Balaban J connectivity index is 0.000000600. The van der Waals surface area contributed by atoms with Crippen molar-refractivity contribution in [3.8, 4) is 0 Å². The first-order valence-electron chi connectivity index (χ1n) is 12.8. The first-order valence-corrected chi connectivity index (χ1v) is 12.8. The van der Waals surface area contributed by atoms with E-state index >= 15 is 0 Å². The van der Waals surface area contributed by atoms with Crippen LogP contribution >= 0.6 is 0 Å². The lowest BCUT2D eigenvalue weighted by Gasteiger charge is -2.23. The summed E-state index contributed by atoms with van der Waals surface area (Å²) in [6.07, 6.45) is 18.1. The lowest BCUT2D eigenvalue weighted by Crippen LogP contribution is -2.48. The minimum absolute atomic E-state index is 0.0623. The average molecular weight is 519 g/mol. The zero-order valence-electron chi connectivity index (χ0n) is 22.7. The zero-order valence-corrected chi connectivity index (χ0v) is 22.7. The molecule has 1 atom stereocenters. The van der Waals surface area contributed by atoms with E-state index in [1.165, 1.54) is 16.5 Å². The highest BCUT2D eigenvalue weighted by Gasteiger charge is 2.28. The molecule has 0 aliphatic carbocycles. The van der Waals surface area contributed by atoms with Crippen molar-refractivity contribution in [3.05, 3.63) is 103 Å². The second kappa shape index (κ2) is 19.2. The molecule has 1 aliphatic heterocycles. The zero-order chi connectivity index (χ0) is 28.2. The number of hydrogen-bond donors (Lipinski definition) is 3. The SMILES string of the molecule is C=C/C=C\C=C/C/C(C)=C/C=C(\C=C)C(=O)NC1CCCCN(CC=O)C1=O.CNc1ccc(CN)cc1. The summed E-state index contributed by atoms with van der Waals surface area (Å²) in [5, 5.41) is 5.83.